The van der Waals surface area contributed by atoms with E-state index < -0.39 is 0 Å². The van der Waals surface area contributed by atoms with E-state index in [1.54, 1.807) is 7.11 Å². The lowest BCUT2D eigenvalue weighted by Crippen LogP contribution is -2.14. The lowest BCUT2D eigenvalue weighted by Gasteiger charge is -2.10. The van der Waals surface area contributed by atoms with Crippen LogP contribution < -0.4 is 15.6 Å². The Hall–Kier alpha value is -2.30. The maximum Gasteiger partial charge on any atom is 0.252 e. The number of hydrogen-bond acceptors (Lipinski definition) is 4. The first-order chi connectivity index (χ1) is 9.72. The van der Waals surface area contributed by atoms with E-state index in [1.807, 2.05) is 24.3 Å². The predicted octanol–water partition coefficient (Wildman–Crippen LogP) is 2.34. The quantitative estimate of drug-likeness (QED) is 0.847. The van der Waals surface area contributed by atoms with Crippen LogP contribution >= 0.6 is 0 Å². The van der Waals surface area contributed by atoms with Gasteiger partial charge in [-0.2, -0.15) is 0 Å². The summed E-state index contributed by atoms with van der Waals surface area (Å²) in [7, 11) is 1.64. The summed E-state index contributed by atoms with van der Waals surface area (Å²) in [4.78, 5) is 18.6. The molecule has 5 heteroatoms. The third kappa shape index (κ3) is 3.60. The number of aromatic amines is 1. The number of benzene rings is 1. The molecule has 0 spiro atoms. The van der Waals surface area contributed by atoms with Crippen LogP contribution in [0, 0.1) is 0 Å². The van der Waals surface area contributed by atoms with E-state index in [-0.39, 0.29) is 5.56 Å². The van der Waals surface area contributed by atoms with Crippen molar-refractivity contribution in [1.82, 2.24) is 9.97 Å². The predicted molar refractivity (Wildman–Crippen MR) is 79.2 cm³/mol. The van der Waals surface area contributed by atoms with Crippen LogP contribution in [0.4, 0.5) is 5.95 Å². The van der Waals surface area contributed by atoms with Crippen molar-refractivity contribution < 1.29 is 4.74 Å². The highest BCUT2D eigenvalue weighted by molar-refractivity contribution is 5.36. The zero-order valence-corrected chi connectivity index (χ0v) is 11.8. The van der Waals surface area contributed by atoms with E-state index in [0.717, 1.165) is 29.8 Å². The zero-order chi connectivity index (χ0) is 14.4. The molecular formula is C15H19N3O2. The smallest absolute Gasteiger partial charge is 0.252 e. The summed E-state index contributed by atoms with van der Waals surface area (Å²) in [5.41, 5.74) is 1.68. The van der Waals surface area contributed by atoms with Gasteiger partial charge in [-0.25, -0.2) is 4.98 Å². The van der Waals surface area contributed by atoms with Crippen LogP contribution in [-0.4, -0.2) is 17.1 Å². The topological polar surface area (TPSA) is 67.0 Å². The van der Waals surface area contributed by atoms with E-state index in [1.165, 1.54) is 6.07 Å². The van der Waals surface area contributed by atoms with Crippen LogP contribution in [0.3, 0.4) is 0 Å². The molecule has 0 saturated carbocycles. The molecule has 5 nitrogen and oxygen atoms in total. The van der Waals surface area contributed by atoms with Crippen LogP contribution in [0.15, 0.2) is 35.1 Å². The van der Waals surface area contributed by atoms with Crippen LogP contribution in [0.1, 0.15) is 24.6 Å². The fraction of sp³-hybridized carbons (Fsp3) is 0.333. The van der Waals surface area contributed by atoms with Gasteiger partial charge in [0.25, 0.3) is 5.56 Å². The van der Waals surface area contributed by atoms with Gasteiger partial charge < -0.3 is 10.1 Å². The Morgan fingerprint density at radius 3 is 2.90 bits per heavy atom. The minimum absolute atomic E-state index is 0.133. The molecule has 20 heavy (non-hydrogen) atoms. The molecule has 0 amide bonds. The summed E-state index contributed by atoms with van der Waals surface area (Å²) in [6.45, 7) is 2.60. The van der Waals surface area contributed by atoms with E-state index in [9.17, 15) is 4.79 Å². The van der Waals surface area contributed by atoms with Gasteiger partial charge in [-0.05, 0) is 12.5 Å². The summed E-state index contributed by atoms with van der Waals surface area (Å²) < 4.78 is 5.29. The number of hydrogen-bond donors (Lipinski definition) is 2. The number of para-hydroxylation sites is 1. The number of aromatic nitrogens is 2. The highest BCUT2D eigenvalue weighted by atomic mass is 16.5. The Bertz CT molecular complexity index is 623. The number of nitrogens with one attached hydrogen (secondary N) is 2. The molecule has 2 N–H and O–H groups in total. The maximum absolute atomic E-state index is 11.6. The second-order valence-corrected chi connectivity index (χ2v) is 4.50. The molecule has 2 rings (SSSR count). The molecule has 1 aromatic heterocycles. The van der Waals surface area contributed by atoms with Gasteiger partial charge in [0.15, 0.2) is 0 Å². The van der Waals surface area contributed by atoms with Crippen LogP contribution in [0.25, 0.3) is 0 Å². The van der Waals surface area contributed by atoms with Gasteiger partial charge in [-0.3, -0.25) is 9.78 Å². The van der Waals surface area contributed by atoms with Crippen molar-refractivity contribution in [2.45, 2.75) is 26.3 Å². The summed E-state index contributed by atoms with van der Waals surface area (Å²) in [5, 5.41) is 3.13. The molecule has 0 unspecified atom stereocenters. The standard InChI is InChI=1S/C15H19N3O2/c1-3-6-12-9-14(19)18-15(17-12)16-10-11-7-4-5-8-13(11)20-2/h4-5,7-9H,3,6,10H2,1-2H3,(H2,16,17,18,19). The van der Waals surface area contributed by atoms with Crippen molar-refractivity contribution >= 4 is 5.95 Å². The first kappa shape index (κ1) is 14.1. The number of rotatable bonds is 6. The van der Waals surface area contributed by atoms with E-state index >= 15 is 0 Å². The summed E-state index contributed by atoms with van der Waals surface area (Å²) in [5.74, 6) is 1.30. The molecule has 2 aromatic rings. The number of ether oxygens (including phenoxy) is 1. The number of methoxy groups -OCH3 is 1. The molecule has 0 fully saturated rings. The second kappa shape index (κ2) is 6.75. The fourth-order valence-corrected chi connectivity index (χ4v) is 2.00. The SMILES string of the molecule is CCCc1cc(=O)[nH]c(NCc2ccccc2OC)n1. The van der Waals surface area contributed by atoms with Gasteiger partial charge in [0.2, 0.25) is 5.95 Å². The van der Waals surface area contributed by atoms with Crippen molar-refractivity contribution in [2.24, 2.45) is 0 Å². The van der Waals surface area contributed by atoms with Gasteiger partial charge in [0.1, 0.15) is 5.75 Å². The lowest BCUT2D eigenvalue weighted by atomic mass is 10.2. The Morgan fingerprint density at radius 2 is 2.15 bits per heavy atom. The number of nitrogens with zero attached hydrogens (tertiary/aromatic N) is 1. The Kier molecular flexibility index (Phi) is 4.76. The third-order valence-electron chi connectivity index (χ3n) is 2.94. The Labute approximate surface area is 118 Å². The van der Waals surface area contributed by atoms with E-state index in [4.69, 9.17) is 4.74 Å². The largest absolute Gasteiger partial charge is 0.496 e. The Morgan fingerprint density at radius 1 is 1.35 bits per heavy atom. The van der Waals surface area contributed by atoms with Gasteiger partial charge in [-0.1, -0.05) is 31.5 Å². The van der Waals surface area contributed by atoms with Crippen LogP contribution in [0.2, 0.25) is 0 Å². The summed E-state index contributed by atoms with van der Waals surface area (Å²) in [6, 6.07) is 9.28. The van der Waals surface area contributed by atoms with Crippen molar-refractivity contribution in [2.75, 3.05) is 12.4 Å². The lowest BCUT2D eigenvalue weighted by molar-refractivity contribution is 0.410. The third-order valence-corrected chi connectivity index (χ3v) is 2.94. The van der Waals surface area contributed by atoms with Gasteiger partial charge in [0.05, 0.1) is 7.11 Å². The number of anilines is 1. The minimum Gasteiger partial charge on any atom is -0.496 e. The van der Waals surface area contributed by atoms with Gasteiger partial charge in [-0.15, -0.1) is 0 Å². The highest BCUT2D eigenvalue weighted by Gasteiger charge is 2.04. The Balaban J connectivity index is 2.12. The van der Waals surface area contributed by atoms with Crippen molar-refractivity contribution in [3.63, 3.8) is 0 Å². The molecule has 0 bridgehead atoms. The van der Waals surface area contributed by atoms with Gasteiger partial charge in [0, 0.05) is 23.9 Å². The molecule has 1 heterocycles. The van der Waals surface area contributed by atoms with E-state index in [0.29, 0.717) is 12.5 Å². The maximum atomic E-state index is 11.6. The summed E-state index contributed by atoms with van der Waals surface area (Å²) in [6.07, 6.45) is 1.76. The van der Waals surface area contributed by atoms with Crippen LogP contribution in [-0.2, 0) is 13.0 Å². The highest BCUT2D eigenvalue weighted by Crippen LogP contribution is 2.17. The van der Waals surface area contributed by atoms with Crippen molar-refractivity contribution in [3.05, 3.63) is 51.9 Å². The molecule has 1 aromatic carbocycles. The van der Waals surface area contributed by atoms with Crippen LogP contribution in [0.5, 0.6) is 5.75 Å². The van der Waals surface area contributed by atoms with Crippen molar-refractivity contribution in [1.29, 1.82) is 0 Å². The first-order valence-corrected chi connectivity index (χ1v) is 6.69. The zero-order valence-electron chi connectivity index (χ0n) is 11.8. The summed E-state index contributed by atoms with van der Waals surface area (Å²) >= 11 is 0. The minimum atomic E-state index is -0.133. The molecular weight excluding hydrogens is 254 g/mol. The van der Waals surface area contributed by atoms with Crippen molar-refractivity contribution in [3.8, 4) is 5.75 Å². The normalized spacial score (nSPS) is 10.3. The average Bonchev–Trinajstić information content (AvgIpc) is 2.45. The number of H-pyrrole nitrogens is 1. The fourth-order valence-electron chi connectivity index (χ4n) is 2.00. The van der Waals surface area contributed by atoms with Gasteiger partial charge >= 0.3 is 0 Å². The van der Waals surface area contributed by atoms with E-state index in [2.05, 4.69) is 22.2 Å². The first-order valence-electron chi connectivity index (χ1n) is 6.69. The molecule has 0 aliphatic rings. The molecule has 0 saturated heterocycles. The molecule has 0 atom stereocenters. The second-order valence-electron chi connectivity index (χ2n) is 4.50. The average molecular weight is 273 g/mol. The monoisotopic (exact) mass is 273 g/mol. The molecule has 0 aliphatic carbocycles. The molecule has 0 aliphatic heterocycles. The molecule has 0 radical (unpaired) electrons. The molecule has 106 valence electrons. The number of aryl methyl sites for hydroxylation is 1.